The van der Waals surface area contributed by atoms with Gasteiger partial charge in [0.25, 0.3) is 0 Å². The summed E-state index contributed by atoms with van der Waals surface area (Å²) in [6.07, 6.45) is 4.42. The van der Waals surface area contributed by atoms with Crippen LogP contribution in [0.5, 0.6) is 5.75 Å². The van der Waals surface area contributed by atoms with Crippen molar-refractivity contribution in [2.24, 2.45) is 17.6 Å². The molecule has 42 heavy (non-hydrogen) atoms. The second-order valence-electron chi connectivity index (χ2n) is 11.5. The van der Waals surface area contributed by atoms with Crippen molar-refractivity contribution in [2.45, 2.75) is 51.4 Å². The quantitative estimate of drug-likeness (QED) is 0.206. The lowest BCUT2D eigenvalue weighted by Crippen LogP contribution is -2.51. The maximum absolute atomic E-state index is 13.5. The van der Waals surface area contributed by atoms with Crippen LogP contribution in [0.25, 0.3) is 11.1 Å². The van der Waals surface area contributed by atoms with Crippen LogP contribution in [0.4, 0.5) is 5.69 Å². The molecule has 1 heterocycles. The molecule has 4 aromatic carbocycles. The molecular weight excluding hydrogens is 520 g/mol. The number of amides is 1. The van der Waals surface area contributed by atoms with E-state index in [4.69, 9.17) is 10.5 Å². The van der Waals surface area contributed by atoms with E-state index < -0.39 is 0 Å². The summed E-state index contributed by atoms with van der Waals surface area (Å²) in [6, 6.07) is 35.3. The molecule has 4 N–H and O–H groups in total. The molecule has 1 aliphatic carbocycles. The van der Waals surface area contributed by atoms with E-state index in [1.54, 1.807) is 0 Å². The molecule has 6 nitrogen and oxygen atoms in total. The zero-order valence-corrected chi connectivity index (χ0v) is 24.0. The Labute approximate surface area is 248 Å². The number of anilines is 1. The Hall–Kier alpha value is -4.13. The number of nitrogens with zero attached hydrogens (tertiary/aromatic N) is 1. The van der Waals surface area contributed by atoms with Gasteiger partial charge in [0, 0.05) is 24.4 Å². The average molecular weight is 561 g/mol. The number of fused-ring (bicyclic) bond motifs is 1. The first-order chi connectivity index (χ1) is 20.7. The highest BCUT2D eigenvalue weighted by Crippen LogP contribution is 2.36. The van der Waals surface area contributed by atoms with Crippen LogP contribution in [0, 0.1) is 11.8 Å². The second kappa shape index (κ2) is 13.2. The number of hydrazine groups is 1. The van der Waals surface area contributed by atoms with Crippen molar-refractivity contribution in [3.63, 3.8) is 0 Å². The topological polar surface area (TPSA) is 79.6 Å². The maximum Gasteiger partial charge on any atom is 0.224 e. The first-order valence-electron chi connectivity index (χ1n) is 15.1. The minimum Gasteiger partial charge on any atom is -0.489 e. The number of carbonyl (C=O) groups excluding carboxylic acids is 1. The van der Waals surface area contributed by atoms with Crippen LogP contribution in [-0.2, 0) is 24.4 Å². The summed E-state index contributed by atoms with van der Waals surface area (Å²) in [4.78, 5) is 13.5. The smallest absolute Gasteiger partial charge is 0.224 e. The van der Waals surface area contributed by atoms with E-state index in [1.807, 2.05) is 36.4 Å². The molecule has 1 atom stereocenters. The first kappa shape index (κ1) is 28.0. The molecule has 0 saturated heterocycles. The zero-order chi connectivity index (χ0) is 28.7. The Morgan fingerprint density at radius 2 is 1.55 bits per heavy atom. The average Bonchev–Trinajstić information content (AvgIpc) is 3.50. The van der Waals surface area contributed by atoms with Crippen molar-refractivity contribution in [1.82, 2.24) is 10.3 Å². The van der Waals surface area contributed by atoms with Gasteiger partial charge in [-0.25, -0.2) is 0 Å². The minimum atomic E-state index is -0.179. The van der Waals surface area contributed by atoms with Gasteiger partial charge in [-0.05, 0) is 78.6 Å². The van der Waals surface area contributed by atoms with Gasteiger partial charge >= 0.3 is 0 Å². The number of hydrogen-bond donors (Lipinski definition) is 3. The van der Waals surface area contributed by atoms with Crippen molar-refractivity contribution in [3.8, 4) is 16.9 Å². The lowest BCUT2D eigenvalue weighted by atomic mass is 9.81. The van der Waals surface area contributed by atoms with Gasteiger partial charge in [-0.1, -0.05) is 84.9 Å². The van der Waals surface area contributed by atoms with Crippen molar-refractivity contribution in [3.05, 3.63) is 120 Å². The summed E-state index contributed by atoms with van der Waals surface area (Å²) in [5.74, 6) is 1.60. The van der Waals surface area contributed by atoms with Crippen LogP contribution < -0.4 is 21.2 Å². The van der Waals surface area contributed by atoms with Gasteiger partial charge in [0.05, 0.1) is 5.69 Å². The van der Waals surface area contributed by atoms with Crippen LogP contribution in [0.2, 0.25) is 0 Å². The number of benzene rings is 4. The molecule has 2 aliphatic rings. The Kier molecular flexibility index (Phi) is 8.83. The third kappa shape index (κ3) is 6.67. The van der Waals surface area contributed by atoms with E-state index in [1.165, 1.54) is 16.7 Å². The van der Waals surface area contributed by atoms with Crippen molar-refractivity contribution in [2.75, 3.05) is 12.0 Å². The highest BCUT2D eigenvalue weighted by atomic mass is 16.5. The minimum absolute atomic E-state index is 0.0502. The van der Waals surface area contributed by atoms with Crippen LogP contribution in [0.3, 0.4) is 0 Å². The third-order valence-corrected chi connectivity index (χ3v) is 8.69. The lowest BCUT2D eigenvalue weighted by molar-refractivity contribution is -0.128. The molecular formula is C36H40N4O2. The summed E-state index contributed by atoms with van der Waals surface area (Å²) in [5, 5.41) is 5.60. The van der Waals surface area contributed by atoms with Gasteiger partial charge in [-0.15, -0.1) is 0 Å². The molecule has 6 rings (SSSR count). The SMILES string of the molecule is NC[C@H]1CC[C@H](C(=O)N[C@H](Cc2ccccc2)N2Cc3c(cccc3-c3ccc(OCc4ccccc4)cc3)N2)CC1. The second-order valence-corrected chi connectivity index (χ2v) is 11.5. The van der Waals surface area contributed by atoms with Crippen molar-refractivity contribution >= 4 is 11.6 Å². The molecule has 1 aliphatic heterocycles. The largest absolute Gasteiger partial charge is 0.489 e. The number of nitrogens with two attached hydrogens (primary N) is 1. The molecule has 0 unspecified atom stereocenters. The Morgan fingerprint density at radius 3 is 2.24 bits per heavy atom. The van der Waals surface area contributed by atoms with Crippen LogP contribution in [-0.4, -0.2) is 23.6 Å². The fourth-order valence-corrected chi connectivity index (χ4v) is 6.18. The van der Waals surface area contributed by atoms with Gasteiger partial charge in [0.1, 0.15) is 18.5 Å². The number of ether oxygens (including phenoxy) is 1. The van der Waals surface area contributed by atoms with Crippen LogP contribution >= 0.6 is 0 Å². The molecule has 0 radical (unpaired) electrons. The van der Waals surface area contributed by atoms with Gasteiger partial charge in [-0.3, -0.25) is 4.79 Å². The van der Waals surface area contributed by atoms with E-state index in [-0.39, 0.29) is 18.0 Å². The van der Waals surface area contributed by atoms with E-state index in [0.717, 1.165) is 48.2 Å². The van der Waals surface area contributed by atoms with E-state index in [9.17, 15) is 4.79 Å². The van der Waals surface area contributed by atoms with Gasteiger partial charge in [-0.2, -0.15) is 5.01 Å². The maximum atomic E-state index is 13.5. The van der Waals surface area contributed by atoms with Crippen LogP contribution in [0.15, 0.2) is 103 Å². The fraction of sp³-hybridized carbons (Fsp3) is 0.306. The third-order valence-electron chi connectivity index (χ3n) is 8.69. The van der Waals surface area contributed by atoms with E-state index in [0.29, 0.717) is 32.0 Å². The van der Waals surface area contributed by atoms with E-state index >= 15 is 0 Å². The van der Waals surface area contributed by atoms with Crippen molar-refractivity contribution in [1.29, 1.82) is 0 Å². The Morgan fingerprint density at radius 1 is 0.857 bits per heavy atom. The highest BCUT2D eigenvalue weighted by molar-refractivity contribution is 5.79. The highest BCUT2D eigenvalue weighted by Gasteiger charge is 2.32. The van der Waals surface area contributed by atoms with E-state index in [2.05, 4.69) is 82.5 Å². The summed E-state index contributed by atoms with van der Waals surface area (Å²) >= 11 is 0. The number of rotatable bonds is 10. The Bertz CT molecular complexity index is 1450. The normalized spacial score (nSPS) is 19.0. The standard InChI is InChI=1S/C36H40N4O2/c37-23-27-14-16-30(17-15-27)36(41)38-35(22-26-8-3-1-4-9-26)40-24-33-32(12-7-13-34(33)39-40)29-18-20-31(21-19-29)42-25-28-10-5-2-6-11-28/h1-13,18-21,27,30,35,39H,14-17,22-25,37H2,(H,38,41)/t27-,30-,35-/m0/s1. The summed E-state index contributed by atoms with van der Waals surface area (Å²) in [5.41, 5.74) is 16.5. The van der Waals surface area contributed by atoms with Crippen molar-refractivity contribution < 1.29 is 9.53 Å². The zero-order valence-electron chi connectivity index (χ0n) is 24.0. The summed E-state index contributed by atoms with van der Waals surface area (Å²) in [7, 11) is 0. The molecule has 0 bridgehead atoms. The molecule has 6 heteroatoms. The van der Waals surface area contributed by atoms with Gasteiger partial charge in [0.2, 0.25) is 5.91 Å². The molecule has 1 amide bonds. The lowest BCUT2D eigenvalue weighted by Gasteiger charge is -2.32. The molecule has 0 spiro atoms. The number of nitrogens with one attached hydrogen (secondary N) is 2. The molecule has 216 valence electrons. The summed E-state index contributed by atoms with van der Waals surface area (Å²) in [6.45, 7) is 1.95. The van der Waals surface area contributed by atoms with Gasteiger partial charge < -0.3 is 21.2 Å². The monoisotopic (exact) mass is 560 g/mol. The molecule has 1 fully saturated rings. The molecule has 1 saturated carbocycles. The fourth-order valence-electron chi connectivity index (χ4n) is 6.18. The molecule has 4 aromatic rings. The van der Waals surface area contributed by atoms with Gasteiger partial charge in [0.15, 0.2) is 0 Å². The number of carbonyl (C=O) groups is 1. The summed E-state index contributed by atoms with van der Waals surface area (Å²) < 4.78 is 6.01. The number of hydrogen-bond acceptors (Lipinski definition) is 5. The Balaban J connectivity index is 1.17. The first-order valence-corrected chi connectivity index (χ1v) is 15.1. The predicted octanol–water partition coefficient (Wildman–Crippen LogP) is 6.53. The predicted molar refractivity (Wildman–Crippen MR) is 168 cm³/mol. The van der Waals surface area contributed by atoms with Crippen LogP contribution in [0.1, 0.15) is 42.4 Å². The molecule has 0 aromatic heterocycles.